The Bertz CT molecular complexity index is 747. The predicted molar refractivity (Wildman–Crippen MR) is 101 cm³/mol. The van der Waals surface area contributed by atoms with Crippen LogP contribution in [0.5, 0.6) is 0 Å². The molecule has 0 atom stereocenters. The third-order valence-corrected chi connectivity index (χ3v) is 4.30. The molecular weight excluding hydrogens is 316 g/mol. The van der Waals surface area contributed by atoms with Crippen molar-refractivity contribution in [1.82, 2.24) is 9.88 Å². The first-order chi connectivity index (χ1) is 12.0. The summed E-state index contributed by atoms with van der Waals surface area (Å²) in [4.78, 5) is 12.7. The molecule has 0 radical (unpaired) electrons. The molecule has 1 amide bonds. The number of benzene rings is 1. The topological polar surface area (TPSA) is 63.5 Å². The number of hydrogen-bond acceptors (Lipinski definition) is 3. The molecule has 2 rings (SSSR count). The van der Waals surface area contributed by atoms with E-state index in [1.165, 1.54) is 5.56 Å². The van der Waals surface area contributed by atoms with Gasteiger partial charge < -0.3 is 19.7 Å². The van der Waals surface area contributed by atoms with Crippen LogP contribution in [0.4, 0.5) is 0 Å². The smallest absolute Gasteiger partial charge is 0.268 e. The van der Waals surface area contributed by atoms with Crippen molar-refractivity contribution in [2.75, 3.05) is 26.4 Å². The van der Waals surface area contributed by atoms with Crippen LogP contribution in [0.25, 0.3) is 10.9 Å². The second-order valence-corrected chi connectivity index (χ2v) is 6.40. The van der Waals surface area contributed by atoms with Gasteiger partial charge in [0.15, 0.2) is 0 Å². The summed E-state index contributed by atoms with van der Waals surface area (Å²) in [5.41, 5.74) is 3.95. The summed E-state index contributed by atoms with van der Waals surface area (Å²) in [6.07, 6.45) is 1.80. The highest BCUT2D eigenvalue weighted by Crippen LogP contribution is 2.29. The number of hydrogen-bond donors (Lipinski definition) is 2. The molecule has 0 spiro atoms. The summed E-state index contributed by atoms with van der Waals surface area (Å²) in [6.45, 7) is 11.8. The first-order valence-electron chi connectivity index (χ1n) is 8.71. The SMILES string of the molecule is C=CCn1c(C(=O)NCCOCCO)c(C)c2cc(C(C)C)ccc21. The summed E-state index contributed by atoms with van der Waals surface area (Å²) in [6, 6.07) is 6.38. The molecule has 0 aliphatic heterocycles. The van der Waals surface area contributed by atoms with Gasteiger partial charge in [-0.25, -0.2) is 0 Å². The highest BCUT2D eigenvalue weighted by molar-refractivity contribution is 6.01. The number of rotatable bonds is 9. The molecule has 1 heterocycles. The van der Waals surface area contributed by atoms with Gasteiger partial charge in [0.05, 0.1) is 19.8 Å². The van der Waals surface area contributed by atoms with Crippen LogP contribution in [0.3, 0.4) is 0 Å². The highest BCUT2D eigenvalue weighted by Gasteiger charge is 2.20. The van der Waals surface area contributed by atoms with E-state index in [1.54, 1.807) is 6.08 Å². The fraction of sp³-hybridized carbons (Fsp3) is 0.450. The van der Waals surface area contributed by atoms with Crippen LogP contribution in [0, 0.1) is 6.92 Å². The molecule has 5 heteroatoms. The zero-order valence-corrected chi connectivity index (χ0v) is 15.3. The van der Waals surface area contributed by atoms with E-state index in [1.807, 2.05) is 11.5 Å². The molecule has 0 bridgehead atoms. The quantitative estimate of drug-likeness (QED) is 0.543. The lowest BCUT2D eigenvalue weighted by Gasteiger charge is -2.10. The molecule has 136 valence electrons. The van der Waals surface area contributed by atoms with Crippen molar-refractivity contribution in [2.45, 2.75) is 33.2 Å². The lowest BCUT2D eigenvalue weighted by atomic mass is 10.0. The van der Waals surface area contributed by atoms with Crippen LogP contribution in [0.2, 0.25) is 0 Å². The number of carbonyl (C=O) groups is 1. The maximum absolute atomic E-state index is 12.7. The van der Waals surface area contributed by atoms with Crippen molar-refractivity contribution < 1.29 is 14.6 Å². The molecule has 1 aromatic heterocycles. The lowest BCUT2D eigenvalue weighted by Crippen LogP contribution is -2.30. The molecule has 0 fully saturated rings. The number of aliphatic hydroxyl groups is 1. The largest absolute Gasteiger partial charge is 0.394 e. The first-order valence-corrected chi connectivity index (χ1v) is 8.71. The van der Waals surface area contributed by atoms with Gasteiger partial charge in [-0.3, -0.25) is 4.79 Å². The van der Waals surface area contributed by atoms with Gasteiger partial charge in [0, 0.05) is 24.0 Å². The van der Waals surface area contributed by atoms with Gasteiger partial charge in [0.25, 0.3) is 5.91 Å². The van der Waals surface area contributed by atoms with E-state index >= 15 is 0 Å². The zero-order chi connectivity index (χ0) is 18.4. The minimum absolute atomic E-state index is 0.0151. The summed E-state index contributed by atoms with van der Waals surface area (Å²) in [5, 5.41) is 12.7. The third kappa shape index (κ3) is 4.30. The van der Waals surface area contributed by atoms with Crippen molar-refractivity contribution in [3.05, 3.63) is 47.7 Å². The molecule has 0 unspecified atom stereocenters. The van der Waals surface area contributed by atoms with Gasteiger partial charge in [-0.05, 0) is 36.1 Å². The highest BCUT2D eigenvalue weighted by atomic mass is 16.5. The summed E-state index contributed by atoms with van der Waals surface area (Å²) in [7, 11) is 0. The Morgan fingerprint density at radius 1 is 1.40 bits per heavy atom. The van der Waals surface area contributed by atoms with E-state index in [2.05, 4.69) is 43.9 Å². The van der Waals surface area contributed by atoms with E-state index in [4.69, 9.17) is 9.84 Å². The van der Waals surface area contributed by atoms with Gasteiger partial charge in [-0.15, -0.1) is 6.58 Å². The molecule has 0 saturated heterocycles. The number of fused-ring (bicyclic) bond motifs is 1. The number of aromatic nitrogens is 1. The first kappa shape index (κ1) is 19.2. The van der Waals surface area contributed by atoms with Crippen LogP contribution in [-0.2, 0) is 11.3 Å². The molecule has 2 aromatic rings. The second kappa shape index (κ2) is 8.83. The van der Waals surface area contributed by atoms with Crippen molar-refractivity contribution >= 4 is 16.8 Å². The number of ether oxygens (including phenoxy) is 1. The molecule has 1 aromatic carbocycles. The fourth-order valence-corrected chi connectivity index (χ4v) is 3.00. The van der Waals surface area contributed by atoms with E-state index in [0.717, 1.165) is 16.5 Å². The van der Waals surface area contributed by atoms with Crippen molar-refractivity contribution in [1.29, 1.82) is 0 Å². The van der Waals surface area contributed by atoms with E-state index < -0.39 is 0 Å². The maximum Gasteiger partial charge on any atom is 0.268 e. The molecule has 25 heavy (non-hydrogen) atoms. The minimum atomic E-state index is -0.116. The van der Waals surface area contributed by atoms with Gasteiger partial charge in [0.2, 0.25) is 0 Å². The lowest BCUT2D eigenvalue weighted by molar-refractivity contribution is 0.0833. The molecule has 0 aliphatic carbocycles. The number of amides is 1. The van der Waals surface area contributed by atoms with E-state index in [-0.39, 0.29) is 19.1 Å². The molecule has 2 N–H and O–H groups in total. The van der Waals surface area contributed by atoms with Gasteiger partial charge >= 0.3 is 0 Å². The van der Waals surface area contributed by atoms with E-state index in [0.29, 0.717) is 31.3 Å². The molecule has 0 saturated carbocycles. The monoisotopic (exact) mass is 344 g/mol. The number of nitrogens with one attached hydrogen (secondary N) is 1. The normalized spacial score (nSPS) is 11.2. The van der Waals surface area contributed by atoms with Gasteiger partial charge in [-0.2, -0.15) is 0 Å². The van der Waals surface area contributed by atoms with Crippen LogP contribution < -0.4 is 5.32 Å². The van der Waals surface area contributed by atoms with Crippen LogP contribution in [-0.4, -0.2) is 41.9 Å². The third-order valence-electron chi connectivity index (χ3n) is 4.30. The Hall–Kier alpha value is -2.11. The number of allylic oxidation sites excluding steroid dienone is 1. The molecule has 0 aliphatic rings. The van der Waals surface area contributed by atoms with Gasteiger partial charge in [0.1, 0.15) is 5.69 Å². The average Bonchev–Trinajstić information content (AvgIpc) is 2.87. The number of nitrogens with zero attached hydrogens (tertiary/aromatic N) is 1. The van der Waals surface area contributed by atoms with Crippen molar-refractivity contribution in [3.8, 4) is 0 Å². The Morgan fingerprint density at radius 3 is 2.80 bits per heavy atom. The molecule has 5 nitrogen and oxygen atoms in total. The standard InChI is InChI=1S/C20H28N2O3/c1-5-9-22-18-7-6-16(14(2)3)13-17(18)15(4)19(22)20(24)21-8-11-25-12-10-23/h5-7,13-14,23H,1,8-12H2,2-4H3,(H,21,24). The predicted octanol–water partition coefficient (Wildman–Crippen LogP) is 3.00. The van der Waals surface area contributed by atoms with Crippen LogP contribution in [0.15, 0.2) is 30.9 Å². The average molecular weight is 344 g/mol. The number of carbonyl (C=O) groups excluding carboxylic acids is 1. The Labute approximate surface area is 149 Å². The van der Waals surface area contributed by atoms with Crippen molar-refractivity contribution in [2.24, 2.45) is 0 Å². The Balaban J connectivity index is 2.33. The van der Waals surface area contributed by atoms with E-state index in [9.17, 15) is 4.79 Å². The summed E-state index contributed by atoms with van der Waals surface area (Å²) in [5.74, 6) is 0.321. The minimum Gasteiger partial charge on any atom is -0.394 e. The maximum atomic E-state index is 12.7. The fourth-order valence-electron chi connectivity index (χ4n) is 3.00. The Morgan fingerprint density at radius 2 is 2.16 bits per heavy atom. The van der Waals surface area contributed by atoms with Crippen molar-refractivity contribution in [3.63, 3.8) is 0 Å². The summed E-state index contributed by atoms with van der Waals surface area (Å²) >= 11 is 0. The zero-order valence-electron chi connectivity index (χ0n) is 15.3. The molecular formula is C20H28N2O3. The number of aliphatic hydroxyl groups excluding tert-OH is 1. The second-order valence-electron chi connectivity index (χ2n) is 6.40. The van der Waals surface area contributed by atoms with Gasteiger partial charge in [-0.1, -0.05) is 26.0 Å². The summed E-state index contributed by atoms with van der Waals surface area (Å²) < 4.78 is 7.20. The Kier molecular flexibility index (Phi) is 6.79. The van der Waals surface area contributed by atoms with Crippen LogP contribution in [0.1, 0.15) is 41.4 Å². The van der Waals surface area contributed by atoms with Crippen LogP contribution >= 0.6 is 0 Å². The number of aryl methyl sites for hydroxylation is 1.